The van der Waals surface area contributed by atoms with Gasteiger partial charge in [0.15, 0.2) is 0 Å². The molecule has 0 aliphatic heterocycles. The number of rotatable bonds is 21. The van der Waals surface area contributed by atoms with E-state index >= 15 is 0 Å². The maximum Gasteiger partial charge on any atom is 0.431 e. The summed E-state index contributed by atoms with van der Waals surface area (Å²) in [6.45, 7) is -2.52. The first-order chi connectivity index (χ1) is 43.3. The predicted octanol–water partition coefficient (Wildman–Crippen LogP) is 5.65. The number of carbonyl (C=O) groups is 5. The second kappa shape index (κ2) is 33.8. The smallest absolute Gasteiger partial charge is 0.431 e. The molecule has 0 radical (unpaired) electrons. The molecular weight excluding hydrogens is 1390 g/mol. The van der Waals surface area contributed by atoms with Gasteiger partial charge in [0.2, 0.25) is 23.7 Å². The number of benzene rings is 3. The van der Waals surface area contributed by atoms with Crippen LogP contribution < -0.4 is 50.9 Å². The zero-order chi connectivity index (χ0) is 71.4. The summed E-state index contributed by atoms with van der Waals surface area (Å²) in [4.78, 5) is 114. The lowest BCUT2D eigenvalue weighted by Gasteiger charge is -2.15. The number of aromatic carboxylic acids is 1. The molecule has 0 bridgehead atoms. The maximum atomic E-state index is 12.9. The molecular formula is C48H48ClF10N12O20PS2. The second-order valence-corrected chi connectivity index (χ2v) is 23.1. The van der Waals surface area contributed by atoms with Gasteiger partial charge >= 0.3 is 74.8 Å². The van der Waals surface area contributed by atoms with Crippen LogP contribution in [0.15, 0.2) is 98.2 Å². The number of esters is 1. The number of ether oxygens (including phenoxy) is 4. The molecule has 4 amide bonds. The summed E-state index contributed by atoms with van der Waals surface area (Å²) in [6, 6.07) is 10.9. The number of methoxy groups -OCH3 is 1. The molecule has 0 unspecified atom stereocenters. The van der Waals surface area contributed by atoms with Crippen molar-refractivity contribution in [1.82, 2.24) is 48.8 Å². The van der Waals surface area contributed by atoms with Gasteiger partial charge in [0, 0.05) is 19.5 Å². The summed E-state index contributed by atoms with van der Waals surface area (Å²) in [5, 5.41) is 22.9. The summed E-state index contributed by atoms with van der Waals surface area (Å²) in [6.07, 6.45) is -12.1. The van der Waals surface area contributed by atoms with E-state index < -0.39 is 165 Å². The highest BCUT2D eigenvalue weighted by Crippen LogP contribution is 2.32. The number of urea groups is 2. The van der Waals surface area contributed by atoms with Crippen LogP contribution >= 0.6 is 19.2 Å². The summed E-state index contributed by atoms with van der Waals surface area (Å²) in [5.74, 6) is -6.44. The van der Waals surface area contributed by atoms with E-state index in [-0.39, 0.29) is 39.6 Å². The van der Waals surface area contributed by atoms with E-state index in [9.17, 15) is 98.9 Å². The average Bonchev–Trinajstić information content (AvgIpc) is 0.778. The van der Waals surface area contributed by atoms with Crippen LogP contribution in [-0.2, 0) is 53.8 Å². The third kappa shape index (κ3) is 26.2. The number of halogens is 11. The Balaban J connectivity index is 0.000000343. The van der Waals surface area contributed by atoms with Gasteiger partial charge in [-0.3, -0.25) is 34.7 Å². The van der Waals surface area contributed by atoms with Crippen molar-refractivity contribution in [2.45, 2.75) is 75.1 Å². The standard InChI is InChI=1S/C16H14ClF3N2O4.C15H16F3N5O4S.C14H10F4N4O7S.C3H8NO5P/c1-8(2)26-14(24)10-6-9(4-5-11(10)17)22-13(23)7-12(16(18,19)20)21(3)15(22)25;1-9-19-12(22-14(20-9)27-2)21-13(24)23-28(25,26)11-6-4-3-5-10(11)7-8-15(16,17)18;15-11(16)28-8-5-9(29-12(17)18)20-13(19-8)21-14(25)22-30(26,27)7-4-2-1-3-6(7)10(23)24;5-3(6)1-4-2-10(7,8)9/h4-8H,1-3H3;3-6H,7-8H2,1-2H3,(H2,19,20,21,22,23,24);1-5,11-12H,(H,23,24)(H2,19,20,21,22,25);4H,1-2H2,(H,5,6)(H2,7,8,9). The van der Waals surface area contributed by atoms with Gasteiger partial charge in [-0.1, -0.05) is 41.9 Å². The van der Waals surface area contributed by atoms with Crippen molar-refractivity contribution in [3.05, 3.63) is 133 Å². The minimum Gasteiger partial charge on any atom is -0.480 e. The molecule has 6 aromatic rings. The molecule has 0 fully saturated rings. The molecule has 0 atom stereocenters. The number of anilines is 2. The second-order valence-electron chi connectivity index (χ2n) is 17.8. The van der Waals surface area contributed by atoms with E-state index in [2.05, 4.69) is 45.0 Å². The molecule has 0 aliphatic rings. The Kier molecular flexibility index (Phi) is 28.3. The Morgan fingerprint density at radius 1 is 0.723 bits per heavy atom. The number of alkyl halides is 10. The van der Waals surface area contributed by atoms with Crippen LogP contribution in [0.5, 0.6) is 17.8 Å². The minimum absolute atomic E-state index is 0.0104. The number of hydrogen-bond donors (Lipinski definition) is 9. The summed E-state index contributed by atoms with van der Waals surface area (Å²) in [7, 11) is -11.1. The first kappa shape index (κ1) is 78.6. The van der Waals surface area contributed by atoms with Gasteiger partial charge < -0.3 is 38.9 Å². The monoisotopic (exact) mass is 1430 g/mol. The molecule has 3 heterocycles. The van der Waals surface area contributed by atoms with Crippen molar-refractivity contribution in [2.75, 3.05) is 30.6 Å². The topological polar surface area (TPSA) is 457 Å². The molecule has 32 nitrogen and oxygen atoms in total. The highest BCUT2D eigenvalue weighted by atomic mass is 35.5. The Labute approximate surface area is 525 Å². The fraction of sp³-hybridized carbons (Fsp3) is 0.292. The number of sulfonamides is 2. The SMILES string of the molecule is CC(C)OC(=O)c1cc(-n2c(=O)cc(C(F)(F)F)n(C)c2=O)ccc1Cl.COc1nc(C)nc(NC(=O)NS(=O)(=O)c2ccccc2CCC(F)(F)F)n1.O=C(Nc1nc(OC(F)F)cc(OC(F)F)n1)NS(=O)(=O)c1ccccc1C(=O)O.O=C(O)CNCP(=O)(O)O. The van der Waals surface area contributed by atoms with Crippen LogP contribution in [0.1, 0.15) is 58.1 Å². The van der Waals surface area contributed by atoms with E-state index in [4.69, 9.17) is 41.1 Å². The number of aryl methyl sites for hydroxylation is 2. The van der Waals surface area contributed by atoms with Crippen molar-refractivity contribution in [3.63, 3.8) is 0 Å². The van der Waals surface area contributed by atoms with Gasteiger partial charge in [-0.15, -0.1) is 0 Å². The van der Waals surface area contributed by atoms with Crippen molar-refractivity contribution < 1.29 is 128 Å². The van der Waals surface area contributed by atoms with Crippen molar-refractivity contribution in [1.29, 1.82) is 0 Å². The molecule has 3 aromatic heterocycles. The first-order valence-electron chi connectivity index (χ1n) is 24.9. The van der Waals surface area contributed by atoms with E-state index in [0.29, 0.717) is 21.3 Å². The molecule has 514 valence electrons. The number of hydrogen-bond acceptors (Lipinski definition) is 22. The van der Waals surface area contributed by atoms with Gasteiger partial charge in [-0.2, -0.15) is 68.8 Å². The van der Waals surface area contributed by atoms with Crippen LogP contribution in [0, 0.1) is 6.92 Å². The van der Waals surface area contributed by atoms with E-state index in [1.54, 1.807) is 23.9 Å². The minimum atomic E-state index is -4.86. The summed E-state index contributed by atoms with van der Waals surface area (Å²) >= 11 is 5.94. The van der Waals surface area contributed by atoms with Crippen LogP contribution in [0.2, 0.25) is 5.02 Å². The Bertz CT molecular complexity index is 4100. The van der Waals surface area contributed by atoms with Crippen molar-refractivity contribution in [3.8, 4) is 23.5 Å². The third-order valence-electron chi connectivity index (χ3n) is 10.2. The zero-order valence-corrected chi connectivity index (χ0v) is 51.2. The van der Waals surface area contributed by atoms with E-state index in [0.717, 1.165) is 31.3 Å². The summed E-state index contributed by atoms with van der Waals surface area (Å²) < 4.78 is 206. The van der Waals surface area contributed by atoms with E-state index in [1.807, 2.05) is 0 Å². The van der Waals surface area contributed by atoms with Gasteiger partial charge in [0.1, 0.15) is 16.4 Å². The lowest BCUT2D eigenvalue weighted by Crippen LogP contribution is -2.40. The number of aromatic nitrogens is 7. The van der Waals surface area contributed by atoms with Gasteiger partial charge in [0.05, 0.1) is 58.8 Å². The predicted molar refractivity (Wildman–Crippen MR) is 300 cm³/mol. The number of carboxylic acid groups (broad SMARTS) is 2. The molecule has 6 rings (SSSR count). The molecule has 0 saturated carbocycles. The fourth-order valence-electron chi connectivity index (χ4n) is 6.63. The molecule has 46 heteroatoms. The van der Waals surface area contributed by atoms with Crippen molar-refractivity contribution >= 4 is 81.1 Å². The third-order valence-corrected chi connectivity index (χ3v) is 14.0. The molecule has 94 heavy (non-hydrogen) atoms. The lowest BCUT2D eigenvalue weighted by atomic mass is 10.1. The number of nitrogens with zero attached hydrogens (tertiary/aromatic N) is 7. The highest BCUT2D eigenvalue weighted by molar-refractivity contribution is 7.90. The Hall–Kier alpha value is -9.62. The average molecular weight is 1430 g/mol. The van der Waals surface area contributed by atoms with Gasteiger partial charge in [-0.25, -0.2) is 54.8 Å². The lowest BCUT2D eigenvalue weighted by molar-refractivity contribution is -0.144. The molecule has 3 aromatic carbocycles. The zero-order valence-electron chi connectivity index (χ0n) is 47.9. The molecule has 0 aliphatic carbocycles. The van der Waals surface area contributed by atoms with Crippen LogP contribution in [0.3, 0.4) is 0 Å². The number of amides is 4. The molecule has 0 saturated heterocycles. The number of aliphatic carboxylic acids is 1. The van der Waals surface area contributed by atoms with Gasteiger partial charge in [0.25, 0.3) is 25.6 Å². The van der Waals surface area contributed by atoms with Crippen LogP contribution in [-0.4, -0.2) is 146 Å². The maximum absolute atomic E-state index is 12.9. The fourth-order valence-corrected chi connectivity index (χ4v) is 9.52. The van der Waals surface area contributed by atoms with Crippen molar-refractivity contribution in [2.24, 2.45) is 7.05 Å². The van der Waals surface area contributed by atoms with Crippen LogP contribution in [0.4, 0.5) is 65.4 Å². The summed E-state index contributed by atoms with van der Waals surface area (Å²) in [5.41, 5.74) is -4.72. The normalized spacial score (nSPS) is 11.5. The Morgan fingerprint density at radius 3 is 1.73 bits per heavy atom. The number of carboxylic acids is 2. The quantitative estimate of drug-likeness (QED) is 0.0239. The molecule has 0 spiro atoms. The highest BCUT2D eigenvalue weighted by Gasteiger charge is 2.36. The largest absolute Gasteiger partial charge is 0.480 e. The number of nitrogens with one attached hydrogen (secondary N) is 5. The number of carbonyl (C=O) groups excluding carboxylic acids is 3. The molecule has 9 N–H and O–H groups in total. The van der Waals surface area contributed by atoms with Gasteiger partial charge in [-0.05, 0) is 69.2 Å². The first-order valence-corrected chi connectivity index (χ1v) is 30.0. The Morgan fingerprint density at radius 2 is 1.24 bits per heavy atom. The van der Waals surface area contributed by atoms with Crippen LogP contribution in [0.25, 0.3) is 5.69 Å². The van der Waals surface area contributed by atoms with E-state index in [1.165, 1.54) is 61.2 Å².